The van der Waals surface area contributed by atoms with E-state index in [0.717, 1.165) is 44.6 Å². The summed E-state index contributed by atoms with van der Waals surface area (Å²) in [6.07, 6.45) is 6.61. The highest BCUT2D eigenvalue weighted by Crippen LogP contribution is 2.38. The van der Waals surface area contributed by atoms with Gasteiger partial charge in [-0.1, -0.05) is 53.7 Å². The summed E-state index contributed by atoms with van der Waals surface area (Å²) in [5.41, 5.74) is 5.78. The molecule has 0 amide bonds. The second-order valence-electron chi connectivity index (χ2n) is 9.71. The molecule has 0 bridgehead atoms. The van der Waals surface area contributed by atoms with Crippen molar-refractivity contribution in [3.8, 4) is 5.75 Å². The van der Waals surface area contributed by atoms with Crippen LogP contribution in [0.4, 0.5) is 0 Å². The van der Waals surface area contributed by atoms with Crippen LogP contribution in [-0.2, 0) is 17.4 Å². The SMILES string of the molecule is CCC(C)(C)c1ccc(OCCCC[n+]2cccc(C)c2C)c(C(C)(C)CC)c1.[Br-]. The topological polar surface area (TPSA) is 13.1 Å². The average molecular weight is 477 g/mol. The summed E-state index contributed by atoms with van der Waals surface area (Å²) >= 11 is 0. The van der Waals surface area contributed by atoms with Crippen molar-refractivity contribution in [2.24, 2.45) is 0 Å². The molecule has 168 valence electrons. The maximum absolute atomic E-state index is 6.31. The van der Waals surface area contributed by atoms with E-state index in [0.29, 0.717) is 0 Å². The Kier molecular flexibility index (Phi) is 10.1. The summed E-state index contributed by atoms with van der Waals surface area (Å²) in [4.78, 5) is 0. The Morgan fingerprint density at radius 2 is 1.57 bits per heavy atom. The van der Waals surface area contributed by atoms with Gasteiger partial charge in [0.2, 0.25) is 0 Å². The van der Waals surface area contributed by atoms with Gasteiger partial charge in [0.05, 0.1) is 6.61 Å². The smallest absolute Gasteiger partial charge is 0.181 e. The third kappa shape index (κ3) is 6.57. The van der Waals surface area contributed by atoms with Crippen molar-refractivity contribution in [1.29, 1.82) is 0 Å². The van der Waals surface area contributed by atoms with Crippen LogP contribution in [0.3, 0.4) is 0 Å². The molecule has 0 saturated carbocycles. The molecule has 2 rings (SSSR count). The maximum Gasteiger partial charge on any atom is 0.181 e. The summed E-state index contributed by atoms with van der Waals surface area (Å²) in [6, 6.07) is 11.2. The summed E-state index contributed by atoms with van der Waals surface area (Å²) in [6.45, 7) is 20.0. The van der Waals surface area contributed by atoms with Gasteiger partial charge in [-0.2, -0.15) is 0 Å². The molecule has 0 saturated heterocycles. The molecule has 0 atom stereocenters. The second-order valence-corrected chi connectivity index (χ2v) is 9.71. The fourth-order valence-corrected chi connectivity index (χ4v) is 3.56. The zero-order valence-electron chi connectivity index (χ0n) is 20.4. The lowest BCUT2D eigenvalue weighted by Gasteiger charge is -2.30. The monoisotopic (exact) mass is 475 g/mol. The molecule has 0 unspecified atom stereocenters. The highest BCUT2D eigenvalue weighted by atomic mass is 79.9. The van der Waals surface area contributed by atoms with Crippen molar-refractivity contribution in [2.75, 3.05) is 6.61 Å². The van der Waals surface area contributed by atoms with Gasteiger partial charge in [0.15, 0.2) is 11.9 Å². The normalized spacial score (nSPS) is 11.9. The van der Waals surface area contributed by atoms with E-state index in [2.05, 4.69) is 96.5 Å². The number of nitrogens with zero attached hydrogens (tertiary/aromatic N) is 1. The fourth-order valence-electron chi connectivity index (χ4n) is 3.56. The van der Waals surface area contributed by atoms with Crippen LogP contribution in [0.2, 0.25) is 0 Å². The Bertz CT molecular complexity index is 811. The van der Waals surface area contributed by atoms with E-state index in [4.69, 9.17) is 4.74 Å². The molecule has 0 spiro atoms. The Balaban J connectivity index is 0.00000450. The van der Waals surface area contributed by atoms with Gasteiger partial charge in [-0.25, -0.2) is 4.57 Å². The number of pyridine rings is 1. The minimum Gasteiger partial charge on any atom is -1.00 e. The van der Waals surface area contributed by atoms with Crippen LogP contribution in [0.15, 0.2) is 36.5 Å². The molecule has 3 heteroatoms. The van der Waals surface area contributed by atoms with Crippen molar-refractivity contribution in [1.82, 2.24) is 0 Å². The van der Waals surface area contributed by atoms with E-state index in [1.54, 1.807) is 0 Å². The van der Waals surface area contributed by atoms with Gasteiger partial charge in [-0.05, 0) is 54.7 Å². The summed E-state index contributed by atoms with van der Waals surface area (Å²) < 4.78 is 8.66. The molecule has 2 nitrogen and oxygen atoms in total. The molecule has 0 aliphatic heterocycles. The van der Waals surface area contributed by atoms with E-state index in [-0.39, 0.29) is 27.8 Å². The van der Waals surface area contributed by atoms with Gasteiger partial charge in [-0.15, -0.1) is 0 Å². The van der Waals surface area contributed by atoms with Gasteiger partial charge < -0.3 is 21.7 Å². The number of unbranched alkanes of at least 4 members (excludes halogenated alkanes) is 1. The van der Waals surface area contributed by atoms with Crippen LogP contribution < -0.4 is 26.3 Å². The predicted molar refractivity (Wildman–Crippen MR) is 124 cm³/mol. The van der Waals surface area contributed by atoms with Gasteiger partial charge >= 0.3 is 0 Å². The van der Waals surface area contributed by atoms with E-state index in [9.17, 15) is 0 Å². The van der Waals surface area contributed by atoms with Crippen LogP contribution in [0.5, 0.6) is 5.75 Å². The van der Waals surface area contributed by atoms with Crippen LogP contribution in [0.25, 0.3) is 0 Å². The lowest BCUT2D eigenvalue weighted by atomic mass is 9.76. The number of halogens is 1. The molecule has 0 aliphatic carbocycles. The first-order valence-corrected chi connectivity index (χ1v) is 11.4. The minimum atomic E-state index is 0. The number of aromatic nitrogens is 1. The number of aryl methyl sites for hydroxylation is 2. The highest BCUT2D eigenvalue weighted by Gasteiger charge is 2.26. The maximum atomic E-state index is 6.31. The molecule has 1 heterocycles. The molecule has 0 radical (unpaired) electrons. The fraction of sp³-hybridized carbons (Fsp3) is 0.593. The molecular weight excluding hydrogens is 434 g/mol. The van der Waals surface area contributed by atoms with E-state index in [1.807, 2.05) is 0 Å². The number of ether oxygens (including phenoxy) is 1. The van der Waals surface area contributed by atoms with Crippen molar-refractivity contribution in [2.45, 2.75) is 98.4 Å². The molecule has 30 heavy (non-hydrogen) atoms. The van der Waals surface area contributed by atoms with Crippen molar-refractivity contribution in [3.63, 3.8) is 0 Å². The predicted octanol–water partition coefficient (Wildman–Crippen LogP) is 3.83. The summed E-state index contributed by atoms with van der Waals surface area (Å²) in [7, 11) is 0. The largest absolute Gasteiger partial charge is 1.00 e. The van der Waals surface area contributed by atoms with Gasteiger partial charge in [0.25, 0.3) is 0 Å². The minimum absolute atomic E-state index is 0. The Hall–Kier alpha value is -1.35. The first-order chi connectivity index (χ1) is 13.6. The highest BCUT2D eigenvalue weighted by molar-refractivity contribution is 5.44. The van der Waals surface area contributed by atoms with E-state index >= 15 is 0 Å². The van der Waals surface area contributed by atoms with Crippen LogP contribution in [0, 0.1) is 13.8 Å². The lowest BCUT2D eigenvalue weighted by Crippen LogP contribution is -3.00. The van der Waals surface area contributed by atoms with Crippen LogP contribution in [-0.4, -0.2) is 6.61 Å². The molecule has 1 aromatic heterocycles. The number of hydrogen-bond donors (Lipinski definition) is 0. The molecule has 0 aliphatic rings. The molecular formula is C27H42BrNO. The molecule has 1 aromatic carbocycles. The van der Waals surface area contributed by atoms with Gasteiger partial charge in [0, 0.05) is 30.5 Å². The quantitative estimate of drug-likeness (QED) is 0.375. The Morgan fingerprint density at radius 1 is 0.900 bits per heavy atom. The Morgan fingerprint density at radius 3 is 2.20 bits per heavy atom. The van der Waals surface area contributed by atoms with Crippen LogP contribution >= 0.6 is 0 Å². The summed E-state index contributed by atoms with van der Waals surface area (Å²) in [5.74, 6) is 1.06. The summed E-state index contributed by atoms with van der Waals surface area (Å²) in [5, 5.41) is 0. The lowest BCUT2D eigenvalue weighted by molar-refractivity contribution is -0.703. The third-order valence-corrected chi connectivity index (χ3v) is 6.92. The zero-order valence-corrected chi connectivity index (χ0v) is 22.0. The zero-order chi connectivity index (χ0) is 21.7. The van der Waals surface area contributed by atoms with Crippen LogP contribution in [0.1, 0.15) is 89.6 Å². The number of benzene rings is 1. The first kappa shape index (κ1) is 26.7. The Labute approximate surface area is 195 Å². The second kappa shape index (κ2) is 11.3. The van der Waals surface area contributed by atoms with Crippen molar-refractivity contribution in [3.05, 3.63) is 58.9 Å². The van der Waals surface area contributed by atoms with Gasteiger partial charge in [-0.3, -0.25) is 0 Å². The van der Waals surface area contributed by atoms with E-state index < -0.39 is 0 Å². The number of rotatable bonds is 10. The molecule has 0 fully saturated rings. The third-order valence-electron chi connectivity index (χ3n) is 6.92. The first-order valence-electron chi connectivity index (χ1n) is 11.4. The van der Waals surface area contributed by atoms with Gasteiger partial charge in [0.1, 0.15) is 12.3 Å². The van der Waals surface area contributed by atoms with Crippen molar-refractivity contribution >= 4 is 0 Å². The standard InChI is InChI=1S/C27H42NO.BrH/c1-9-26(5,6)23-15-16-25(24(20-23)27(7,8)10-2)29-19-12-11-17-28-18-13-14-21(3)22(28)4;/h13-16,18,20H,9-12,17,19H2,1-8H3;1H/q+1;/p-1. The van der Waals surface area contributed by atoms with E-state index in [1.165, 1.54) is 22.4 Å². The molecule has 2 aromatic rings. The number of hydrogen-bond acceptors (Lipinski definition) is 1. The average Bonchev–Trinajstić information content (AvgIpc) is 2.70. The molecule has 0 N–H and O–H groups in total. The van der Waals surface area contributed by atoms with Crippen molar-refractivity contribution < 1.29 is 26.3 Å².